The number of nitrogens with two attached hydrogens (primary N) is 3. The summed E-state index contributed by atoms with van der Waals surface area (Å²) in [5.41, 5.74) is 17.9. The second kappa shape index (κ2) is 32.5. The SMILES string of the molecule is CCCCCCCCN(CCC[C@@H](C)[C@H]1CC[C@@H](C)[C@]1(C)[C@H](C[C@@H](C)[C@@](C)(CC[C@H](CC)OCCCN)CC[C@H](C)OCCCN)OCCCN)CCC[Si](C)=O. The maximum Gasteiger partial charge on any atom is 0.273 e. The van der Waals surface area contributed by atoms with Crippen LogP contribution in [0.25, 0.3) is 0 Å². The zero-order valence-corrected chi connectivity index (χ0v) is 40.6. The molecule has 0 amide bonds. The van der Waals surface area contributed by atoms with E-state index in [0.717, 1.165) is 103 Å². The lowest BCUT2D eigenvalue weighted by molar-refractivity contribution is -0.100. The average Bonchev–Trinajstić information content (AvgIpc) is 3.49. The Hall–Kier alpha value is -0.263. The van der Waals surface area contributed by atoms with Crippen LogP contribution in [-0.2, 0) is 18.7 Å². The molecule has 0 aromatic carbocycles. The van der Waals surface area contributed by atoms with E-state index in [1.807, 2.05) is 6.55 Å². The second-order valence-corrected chi connectivity index (χ2v) is 21.1. The van der Waals surface area contributed by atoms with Crippen LogP contribution in [0.4, 0.5) is 0 Å². The van der Waals surface area contributed by atoms with Crippen LogP contribution in [0.2, 0.25) is 12.6 Å². The highest BCUT2D eigenvalue weighted by Gasteiger charge is 2.52. The lowest BCUT2D eigenvalue weighted by Gasteiger charge is -2.48. The van der Waals surface area contributed by atoms with Gasteiger partial charge in [0.2, 0.25) is 0 Å². The summed E-state index contributed by atoms with van der Waals surface area (Å²) in [6.45, 7) is 29.1. The number of unbranched alkanes of at least 4 members (excludes halogenated alkanes) is 5. The second-order valence-electron chi connectivity index (χ2n) is 19.2. The van der Waals surface area contributed by atoms with Crippen molar-refractivity contribution in [3.8, 4) is 0 Å². The fraction of sp³-hybridized carbons (Fsp3) is 1.00. The highest BCUT2D eigenvalue weighted by molar-refractivity contribution is 6.40. The number of nitrogens with zero attached hydrogens (tertiary/aromatic N) is 1. The van der Waals surface area contributed by atoms with Crippen LogP contribution in [0.5, 0.6) is 0 Å². The van der Waals surface area contributed by atoms with Gasteiger partial charge in [0.15, 0.2) is 0 Å². The fourth-order valence-electron chi connectivity index (χ4n) is 9.96. The van der Waals surface area contributed by atoms with Gasteiger partial charge in [0.05, 0.1) is 18.3 Å². The van der Waals surface area contributed by atoms with Crippen molar-refractivity contribution in [2.24, 2.45) is 51.7 Å². The summed E-state index contributed by atoms with van der Waals surface area (Å²) in [5.74, 6) is 2.38. The van der Waals surface area contributed by atoms with Gasteiger partial charge in [0, 0.05) is 19.8 Å². The monoisotopic (exact) mass is 825 g/mol. The Balaban J connectivity index is 3.20. The topological polar surface area (TPSA) is 126 Å². The molecule has 340 valence electrons. The molecule has 0 saturated heterocycles. The quantitative estimate of drug-likeness (QED) is 0.0413. The molecule has 1 aliphatic rings. The van der Waals surface area contributed by atoms with E-state index >= 15 is 0 Å². The van der Waals surface area contributed by atoms with Crippen LogP contribution >= 0.6 is 0 Å². The first-order valence-corrected chi connectivity index (χ1v) is 26.6. The normalized spacial score (nSPS) is 22.4. The average molecular weight is 825 g/mol. The summed E-state index contributed by atoms with van der Waals surface area (Å²) in [6.07, 6.45) is 24.1. The number of rotatable bonds is 39. The van der Waals surface area contributed by atoms with Gasteiger partial charge >= 0.3 is 0 Å². The van der Waals surface area contributed by atoms with Crippen LogP contribution in [0, 0.1) is 34.5 Å². The van der Waals surface area contributed by atoms with E-state index in [1.165, 1.54) is 70.8 Å². The Labute approximate surface area is 356 Å². The van der Waals surface area contributed by atoms with E-state index in [0.29, 0.717) is 43.3 Å². The van der Waals surface area contributed by atoms with Gasteiger partial charge in [-0.3, -0.25) is 0 Å². The van der Waals surface area contributed by atoms with Crippen molar-refractivity contribution in [2.75, 3.05) is 59.1 Å². The van der Waals surface area contributed by atoms with E-state index in [2.05, 4.69) is 60.3 Å². The summed E-state index contributed by atoms with van der Waals surface area (Å²) in [4.78, 5) is 2.70. The molecule has 1 aliphatic carbocycles. The van der Waals surface area contributed by atoms with Crippen molar-refractivity contribution < 1.29 is 18.7 Å². The van der Waals surface area contributed by atoms with Gasteiger partial charge in [-0.25, -0.2) is 0 Å². The maximum absolute atomic E-state index is 11.9. The van der Waals surface area contributed by atoms with Crippen LogP contribution in [0.15, 0.2) is 0 Å². The first kappa shape index (κ1) is 54.8. The van der Waals surface area contributed by atoms with Gasteiger partial charge < -0.3 is 40.8 Å². The third-order valence-corrected chi connectivity index (χ3v) is 15.7. The molecule has 0 bridgehead atoms. The van der Waals surface area contributed by atoms with Crippen molar-refractivity contribution in [2.45, 2.75) is 215 Å². The van der Waals surface area contributed by atoms with E-state index in [4.69, 9.17) is 31.4 Å². The molecule has 0 spiro atoms. The summed E-state index contributed by atoms with van der Waals surface area (Å²) < 4.78 is 31.6. The fourth-order valence-corrected chi connectivity index (χ4v) is 10.6. The smallest absolute Gasteiger partial charge is 0.273 e. The molecule has 0 aliphatic heterocycles. The van der Waals surface area contributed by atoms with Crippen molar-refractivity contribution >= 4 is 8.68 Å². The van der Waals surface area contributed by atoms with Gasteiger partial charge in [-0.05, 0) is 190 Å². The highest BCUT2D eigenvalue weighted by Crippen LogP contribution is 2.56. The van der Waals surface area contributed by atoms with Gasteiger partial charge in [-0.1, -0.05) is 80.6 Å². The molecule has 6 N–H and O–H groups in total. The molecule has 9 heteroatoms. The van der Waals surface area contributed by atoms with Crippen LogP contribution in [-0.4, -0.2) is 91.0 Å². The zero-order chi connectivity index (χ0) is 42.5. The standard InChI is InChI=1S/C48H100N4O4Si/c1-10-12-13-14-15-16-32-52(34-21-38-57(9)53)33-17-22-40(3)45-24-23-41(4)48(45,8)46(56-37-20-31-51)39-42(5)47(7,27-25-43(6)54-35-18-29-49)28-26-44(11-2)55-36-19-30-50/h40-46H,10-39,49-51H2,1-9H3/t40-,41-,42-,43+,44+,45-,46+,47-,48+/m1/s1. The Morgan fingerprint density at radius 1 is 0.754 bits per heavy atom. The summed E-state index contributed by atoms with van der Waals surface area (Å²) >= 11 is 0. The molecule has 0 aromatic rings. The van der Waals surface area contributed by atoms with E-state index in [9.17, 15) is 4.46 Å². The van der Waals surface area contributed by atoms with Crippen molar-refractivity contribution in [1.29, 1.82) is 0 Å². The Morgan fingerprint density at radius 2 is 1.33 bits per heavy atom. The lowest BCUT2D eigenvalue weighted by atomic mass is 9.61. The molecular formula is C48H100N4O4Si. The minimum Gasteiger partial charge on any atom is -0.389 e. The maximum atomic E-state index is 11.9. The predicted molar refractivity (Wildman–Crippen MR) is 246 cm³/mol. The Morgan fingerprint density at radius 3 is 1.96 bits per heavy atom. The number of hydrogen-bond donors (Lipinski definition) is 3. The van der Waals surface area contributed by atoms with Crippen LogP contribution in [0.1, 0.15) is 184 Å². The van der Waals surface area contributed by atoms with Gasteiger partial charge in [0.1, 0.15) is 0 Å². The molecule has 9 atom stereocenters. The first-order chi connectivity index (χ1) is 27.3. The van der Waals surface area contributed by atoms with E-state index in [-0.39, 0.29) is 29.1 Å². The molecule has 8 nitrogen and oxygen atoms in total. The first-order valence-electron chi connectivity index (χ1n) is 24.5. The summed E-state index contributed by atoms with van der Waals surface area (Å²) in [5, 5.41) is 0. The number of ether oxygens (including phenoxy) is 3. The Kier molecular flexibility index (Phi) is 31.2. The molecule has 1 rings (SSSR count). The van der Waals surface area contributed by atoms with Gasteiger partial charge in [-0.15, -0.1) is 0 Å². The minimum atomic E-state index is -1.40. The third kappa shape index (κ3) is 21.9. The molecule has 1 fully saturated rings. The Bertz CT molecular complexity index is 979. The molecule has 1 saturated carbocycles. The van der Waals surface area contributed by atoms with Gasteiger partial charge in [0.25, 0.3) is 8.68 Å². The zero-order valence-electron chi connectivity index (χ0n) is 39.6. The van der Waals surface area contributed by atoms with E-state index < -0.39 is 8.68 Å². The molecular weight excluding hydrogens is 725 g/mol. The molecule has 57 heavy (non-hydrogen) atoms. The van der Waals surface area contributed by atoms with Crippen molar-refractivity contribution in [1.82, 2.24) is 4.90 Å². The van der Waals surface area contributed by atoms with E-state index in [1.54, 1.807) is 0 Å². The molecule has 0 unspecified atom stereocenters. The van der Waals surface area contributed by atoms with Crippen LogP contribution < -0.4 is 17.2 Å². The third-order valence-electron chi connectivity index (χ3n) is 14.6. The molecule has 0 aromatic heterocycles. The molecule has 0 radical (unpaired) electrons. The largest absolute Gasteiger partial charge is 0.389 e. The van der Waals surface area contributed by atoms with Crippen LogP contribution in [0.3, 0.4) is 0 Å². The highest BCUT2D eigenvalue weighted by atomic mass is 28.3. The van der Waals surface area contributed by atoms with Crippen molar-refractivity contribution in [3.05, 3.63) is 0 Å². The minimum absolute atomic E-state index is 0.116. The molecule has 0 heterocycles. The predicted octanol–water partition coefficient (Wildman–Crippen LogP) is 10.8. The summed E-state index contributed by atoms with van der Waals surface area (Å²) in [7, 11) is -1.40. The number of hydrogen-bond acceptors (Lipinski definition) is 8. The lowest BCUT2D eigenvalue weighted by Crippen LogP contribution is -2.46. The van der Waals surface area contributed by atoms with Gasteiger partial charge in [-0.2, -0.15) is 0 Å². The summed E-state index contributed by atoms with van der Waals surface area (Å²) in [6, 6.07) is 0.888. The van der Waals surface area contributed by atoms with Crippen molar-refractivity contribution in [3.63, 3.8) is 0 Å².